The summed E-state index contributed by atoms with van der Waals surface area (Å²) in [4.78, 5) is 27.8. The Hall–Kier alpha value is -3.99. The number of rotatable bonds is 5. The molecule has 11 heteroatoms. The fourth-order valence-electron chi connectivity index (χ4n) is 3.47. The van der Waals surface area contributed by atoms with Crippen molar-refractivity contribution in [3.8, 4) is 11.3 Å². The number of hydrogen-bond acceptors (Lipinski definition) is 7. The number of fused-ring (bicyclic) bond motifs is 1. The largest absolute Gasteiger partial charge is 0.326 e. The van der Waals surface area contributed by atoms with Crippen LogP contribution in [-0.2, 0) is 0 Å². The van der Waals surface area contributed by atoms with Gasteiger partial charge in [-0.05, 0) is 45.0 Å². The van der Waals surface area contributed by atoms with E-state index in [0.29, 0.717) is 11.3 Å². The molecule has 0 unspecified atom stereocenters. The van der Waals surface area contributed by atoms with Crippen LogP contribution in [0.1, 0.15) is 36.1 Å². The van der Waals surface area contributed by atoms with Crippen LogP contribution >= 0.6 is 0 Å². The fraction of sp³-hybridized carbons (Fsp3) is 0.190. The van der Waals surface area contributed by atoms with Crippen LogP contribution in [0.25, 0.3) is 22.3 Å². The molecule has 0 radical (unpaired) electrons. The van der Waals surface area contributed by atoms with Gasteiger partial charge in [-0.25, -0.2) is 34.2 Å². The maximum atomic E-state index is 14.8. The zero-order valence-electron chi connectivity index (χ0n) is 17.4. The molecule has 32 heavy (non-hydrogen) atoms. The molecule has 0 atom stereocenters. The van der Waals surface area contributed by atoms with Crippen LogP contribution in [0.2, 0.25) is 0 Å². The number of carbonyl (C=O) groups excluding carboxylic acids is 1. The zero-order valence-corrected chi connectivity index (χ0v) is 17.4. The van der Waals surface area contributed by atoms with Crippen molar-refractivity contribution in [3.63, 3.8) is 0 Å². The molecule has 0 aliphatic heterocycles. The molecule has 9 nitrogen and oxygen atoms in total. The van der Waals surface area contributed by atoms with Gasteiger partial charge in [0.1, 0.15) is 22.9 Å². The van der Waals surface area contributed by atoms with E-state index in [9.17, 15) is 13.6 Å². The van der Waals surface area contributed by atoms with Crippen LogP contribution in [0.5, 0.6) is 0 Å². The number of benzene rings is 1. The van der Waals surface area contributed by atoms with E-state index >= 15 is 0 Å². The monoisotopic (exact) mass is 439 g/mol. The van der Waals surface area contributed by atoms with Crippen LogP contribution in [-0.4, -0.2) is 35.6 Å². The Morgan fingerprint density at radius 3 is 2.53 bits per heavy atom. The number of aryl methyl sites for hydroxylation is 1. The van der Waals surface area contributed by atoms with E-state index in [4.69, 9.17) is 5.21 Å². The van der Waals surface area contributed by atoms with E-state index in [1.165, 1.54) is 29.9 Å². The van der Waals surface area contributed by atoms with Crippen LogP contribution < -0.4 is 10.8 Å². The highest BCUT2D eigenvalue weighted by molar-refractivity contribution is 5.93. The van der Waals surface area contributed by atoms with Gasteiger partial charge in [-0.15, -0.1) is 0 Å². The second-order valence-corrected chi connectivity index (χ2v) is 7.34. The number of amides is 1. The first-order chi connectivity index (χ1) is 15.3. The average molecular weight is 439 g/mol. The van der Waals surface area contributed by atoms with Crippen molar-refractivity contribution in [2.75, 3.05) is 5.32 Å². The summed E-state index contributed by atoms with van der Waals surface area (Å²) < 4.78 is 31.2. The van der Waals surface area contributed by atoms with E-state index in [1.807, 2.05) is 18.4 Å². The third-order valence-electron chi connectivity index (χ3n) is 4.83. The first-order valence-electron chi connectivity index (χ1n) is 9.67. The Morgan fingerprint density at radius 2 is 1.88 bits per heavy atom. The van der Waals surface area contributed by atoms with Gasteiger partial charge in [-0.2, -0.15) is 0 Å². The lowest BCUT2D eigenvalue weighted by molar-refractivity contribution is 0.0706. The highest BCUT2D eigenvalue weighted by Crippen LogP contribution is 2.30. The smallest absolute Gasteiger partial charge is 0.276 e. The summed E-state index contributed by atoms with van der Waals surface area (Å²) in [6.45, 7) is 5.69. The summed E-state index contributed by atoms with van der Waals surface area (Å²) in [5, 5.41) is 11.5. The highest BCUT2D eigenvalue weighted by atomic mass is 19.1. The number of carbonyl (C=O) groups is 1. The Balaban J connectivity index is 1.72. The maximum absolute atomic E-state index is 14.8. The van der Waals surface area contributed by atoms with Crippen LogP contribution in [0.4, 0.5) is 20.5 Å². The molecule has 3 aromatic heterocycles. The summed E-state index contributed by atoms with van der Waals surface area (Å²) in [5.41, 5.74) is 2.55. The molecule has 164 valence electrons. The number of nitrogens with zero attached hydrogens (tertiary/aromatic N) is 5. The number of nitrogens with one attached hydrogen (secondary N) is 2. The van der Waals surface area contributed by atoms with Crippen molar-refractivity contribution in [2.24, 2.45) is 0 Å². The molecule has 3 N–H and O–H groups in total. The van der Waals surface area contributed by atoms with E-state index in [0.717, 1.165) is 6.20 Å². The molecule has 1 amide bonds. The first kappa shape index (κ1) is 21.2. The molecule has 1 aromatic carbocycles. The molecule has 0 saturated carbocycles. The van der Waals surface area contributed by atoms with Gasteiger partial charge < -0.3 is 9.88 Å². The summed E-state index contributed by atoms with van der Waals surface area (Å²) in [6.07, 6.45) is 2.21. The van der Waals surface area contributed by atoms with Gasteiger partial charge in [0, 0.05) is 17.8 Å². The van der Waals surface area contributed by atoms with Gasteiger partial charge in [0.25, 0.3) is 5.91 Å². The number of anilines is 2. The van der Waals surface area contributed by atoms with Crippen molar-refractivity contribution < 1.29 is 18.8 Å². The number of hydrogen-bond donors (Lipinski definition) is 3. The Kier molecular flexibility index (Phi) is 5.49. The quantitative estimate of drug-likeness (QED) is 0.319. The second-order valence-electron chi connectivity index (χ2n) is 7.34. The normalized spacial score (nSPS) is 11.2. The van der Waals surface area contributed by atoms with Gasteiger partial charge in [0.15, 0.2) is 11.6 Å². The SMILES string of the molecule is Cc1nc2c(F)cc(-c3nc(Nc4ccc(C(=O)NO)cn4)ncc3F)cc2n1C(C)C. The van der Waals surface area contributed by atoms with E-state index in [2.05, 4.69) is 25.3 Å². The Morgan fingerprint density at radius 1 is 1.09 bits per heavy atom. The lowest BCUT2D eigenvalue weighted by Crippen LogP contribution is -2.18. The third kappa shape index (κ3) is 3.85. The van der Waals surface area contributed by atoms with Crippen molar-refractivity contribution in [1.82, 2.24) is 30.0 Å². The van der Waals surface area contributed by atoms with Gasteiger partial charge in [0.2, 0.25) is 5.95 Å². The van der Waals surface area contributed by atoms with Crippen molar-refractivity contribution in [1.29, 1.82) is 0 Å². The molecule has 3 heterocycles. The fourth-order valence-corrected chi connectivity index (χ4v) is 3.47. The predicted octanol–water partition coefficient (Wildman–Crippen LogP) is 3.92. The topological polar surface area (TPSA) is 118 Å². The first-order valence-corrected chi connectivity index (χ1v) is 9.67. The molecule has 0 spiro atoms. The number of hydroxylamine groups is 1. The molecule has 0 bridgehead atoms. The van der Waals surface area contributed by atoms with Crippen LogP contribution in [0.15, 0.2) is 36.7 Å². The number of pyridine rings is 1. The molecule has 0 fully saturated rings. The summed E-state index contributed by atoms with van der Waals surface area (Å²) in [5.74, 6) is -1.04. The summed E-state index contributed by atoms with van der Waals surface area (Å²) in [7, 11) is 0. The minimum absolute atomic E-state index is 0.0299. The minimum Gasteiger partial charge on any atom is -0.326 e. The molecular weight excluding hydrogens is 420 g/mol. The summed E-state index contributed by atoms with van der Waals surface area (Å²) in [6, 6.07) is 5.75. The molecule has 4 aromatic rings. The number of aromatic nitrogens is 5. The predicted molar refractivity (Wildman–Crippen MR) is 113 cm³/mol. The Bertz CT molecular complexity index is 1320. The van der Waals surface area contributed by atoms with Crippen LogP contribution in [0.3, 0.4) is 0 Å². The highest BCUT2D eigenvalue weighted by Gasteiger charge is 2.18. The summed E-state index contributed by atoms with van der Waals surface area (Å²) >= 11 is 0. The van der Waals surface area contributed by atoms with E-state index in [-0.39, 0.29) is 40.1 Å². The molecule has 0 aliphatic carbocycles. The van der Waals surface area contributed by atoms with Crippen molar-refractivity contribution in [3.05, 3.63) is 59.7 Å². The second kappa shape index (κ2) is 8.27. The maximum Gasteiger partial charge on any atom is 0.276 e. The number of imidazole rings is 1. The lowest BCUT2D eigenvalue weighted by atomic mass is 10.1. The molecular formula is C21H19F2N7O2. The van der Waals surface area contributed by atoms with Gasteiger partial charge >= 0.3 is 0 Å². The number of halogens is 2. The molecule has 4 rings (SSSR count). The standard InChI is InChI=1S/C21H19F2N7O2/c1-10(2)30-11(3)26-19-14(22)6-13(7-16(19)30)18-15(23)9-25-21(28-18)27-17-5-4-12(8-24-17)20(31)29-32/h4-10,32H,1-3H3,(H,29,31)(H,24,25,27,28). The van der Waals surface area contributed by atoms with Gasteiger partial charge in [-0.3, -0.25) is 10.0 Å². The average Bonchev–Trinajstić information content (AvgIpc) is 3.11. The van der Waals surface area contributed by atoms with E-state index in [1.54, 1.807) is 13.0 Å². The lowest BCUT2D eigenvalue weighted by Gasteiger charge is -2.12. The van der Waals surface area contributed by atoms with Crippen molar-refractivity contribution in [2.45, 2.75) is 26.8 Å². The van der Waals surface area contributed by atoms with Gasteiger partial charge in [0.05, 0.1) is 17.3 Å². The molecule has 0 saturated heterocycles. The van der Waals surface area contributed by atoms with Crippen LogP contribution in [0, 0.1) is 18.6 Å². The molecule has 0 aliphatic rings. The minimum atomic E-state index is -0.718. The van der Waals surface area contributed by atoms with E-state index < -0.39 is 17.5 Å². The van der Waals surface area contributed by atoms with Crippen molar-refractivity contribution >= 4 is 28.7 Å². The zero-order chi connectivity index (χ0) is 23.0. The van der Waals surface area contributed by atoms with Gasteiger partial charge in [-0.1, -0.05) is 0 Å². The third-order valence-corrected chi connectivity index (χ3v) is 4.83. The Labute approximate surface area is 181 Å².